The SMILES string of the molecule is C[C@@H]1Cc2c(C(=O)N3CCc4c(Br)cccc4C3)n[nH]c2[C@H](C)O1. The van der Waals surface area contributed by atoms with Crippen molar-refractivity contribution >= 4 is 21.8 Å². The summed E-state index contributed by atoms with van der Waals surface area (Å²) in [4.78, 5) is 14.9. The van der Waals surface area contributed by atoms with Crippen LogP contribution in [0.2, 0.25) is 0 Å². The van der Waals surface area contributed by atoms with Crippen LogP contribution in [0.15, 0.2) is 22.7 Å². The summed E-state index contributed by atoms with van der Waals surface area (Å²) in [5, 5.41) is 7.34. The van der Waals surface area contributed by atoms with Gasteiger partial charge in [-0.3, -0.25) is 9.89 Å². The number of halogens is 1. The van der Waals surface area contributed by atoms with Crippen molar-refractivity contribution in [1.29, 1.82) is 0 Å². The average molecular weight is 390 g/mol. The number of aromatic amines is 1. The third-order valence-electron chi connectivity index (χ3n) is 4.93. The van der Waals surface area contributed by atoms with Crippen LogP contribution in [0.5, 0.6) is 0 Å². The second-order valence-corrected chi connectivity index (χ2v) is 7.47. The Labute approximate surface area is 149 Å². The highest BCUT2D eigenvalue weighted by molar-refractivity contribution is 9.10. The number of nitrogens with one attached hydrogen (secondary N) is 1. The third kappa shape index (κ3) is 2.58. The summed E-state index contributed by atoms with van der Waals surface area (Å²) in [5.41, 5.74) is 5.04. The van der Waals surface area contributed by atoms with E-state index in [9.17, 15) is 4.79 Å². The third-order valence-corrected chi connectivity index (χ3v) is 5.68. The molecule has 3 heterocycles. The van der Waals surface area contributed by atoms with E-state index >= 15 is 0 Å². The lowest BCUT2D eigenvalue weighted by Gasteiger charge is -2.30. The Hall–Kier alpha value is -1.66. The monoisotopic (exact) mass is 389 g/mol. The van der Waals surface area contributed by atoms with Gasteiger partial charge in [-0.15, -0.1) is 0 Å². The van der Waals surface area contributed by atoms with Gasteiger partial charge in [0.25, 0.3) is 5.91 Å². The molecule has 2 atom stereocenters. The smallest absolute Gasteiger partial charge is 0.274 e. The first-order chi connectivity index (χ1) is 11.5. The molecule has 1 N–H and O–H groups in total. The van der Waals surface area contributed by atoms with Gasteiger partial charge in [0.1, 0.15) is 0 Å². The summed E-state index contributed by atoms with van der Waals surface area (Å²) in [7, 11) is 0. The highest BCUT2D eigenvalue weighted by Crippen LogP contribution is 2.32. The lowest BCUT2D eigenvalue weighted by atomic mass is 9.97. The van der Waals surface area contributed by atoms with Crippen LogP contribution < -0.4 is 0 Å². The zero-order valence-corrected chi connectivity index (χ0v) is 15.4. The molecule has 2 aliphatic heterocycles. The number of aromatic nitrogens is 2. The number of hydrogen-bond acceptors (Lipinski definition) is 3. The van der Waals surface area contributed by atoms with E-state index in [0.29, 0.717) is 12.2 Å². The minimum atomic E-state index is -0.0455. The summed E-state index contributed by atoms with van der Waals surface area (Å²) in [6, 6.07) is 6.18. The fourth-order valence-electron chi connectivity index (χ4n) is 3.74. The minimum absolute atomic E-state index is 0.0134. The van der Waals surface area contributed by atoms with Crippen molar-refractivity contribution in [2.45, 2.75) is 45.4 Å². The number of amides is 1. The number of H-pyrrole nitrogens is 1. The number of hydrogen-bond donors (Lipinski definition) is 1. The van der Waals surface area contributed by atoms with Gasteiger partial charge in [-0.05, 0) is 37.5 Å². The van der Waals surface area contributed by atoms with E-state index in [0.717, 1.165) is 35.1 Å². The van der Waals surface area contributed by atoms with Crippen LogP contribution in [0.1, 0.15) is 52.8 Å². The number of rotatable bonds is 1. The van der Waals surface area contributed by atoms with Crippen LogP contribution in [0.3, 0.4) is 0 Å². The molecule has 0 bridgehead atoms. The molecule has 1 aromatic heterocycles. The first-order valence-electron chi connectivity index (χ1n) is 8.32. The number of carbonyl (C=O) groups excluding carboxylic acids is 1. The van der Waals surface area contributed by atoms with Gasteiger partial charge in [0, 0.05) is 29.5 Å². The van der Waals surface area contributed by atoms with Crippen molar-refractivity contribution < 1.29 is 9.53 Å². The van der Waals surface area contributed by atoms with Gasteiger partial charge in [-0.2, -0.15) is 5.10 Å². The molecule has 4 rings (SSSR count). The molecule has 0 saturated heterocycles. The molecule has 0 saturated carbocycles. The zero-order valence-electron chi connectivity index (χ0n) is 13.8. The van der Waals surface area contributed by atoms with Gasteiger partial charge < -0.3 is 9.64 Å². The number of fused-ring (bicyclic) bond motifs is 2. The number of benzene rings is 1. The second-order valence-electron chi connectivity index (χ2n) is 6.61. The summed E-state index contributed by atoms with van der Waals surface area (Å²) >= 11 is 3.61. The van der Waals surface area contributed by atoms with E-state index in [4.69, 9.17) is 4.74 Å². The predicted octanol–water partition coefficient (Wildman–Crippen LogP) is 3.39. The Morgan fingerprint density at radius 2 is 2.21 bits per heavy atom. The molecular weight excluding hydrogens is 370 g/mol. The fourth-order valence-corrected chi connectivity index (χ4v) is 4.34. The Morgan fingerprint density at radius 3 is 3.04 bits per heavy atom. The second kappa shape index (κ2) is 6.01. The number of ether oxygens (including phenoxy) is 1. The quantitative estimate of drug-likeness (QED) is 0.812. The molecule has 126 valence electrons. The molecule has 1 amide bonds. The highest BCUT2D eigenvalue weighted by Gasteiger charge is 2.32. The zero-order chi connectivity index (χ0) is 16.8. The van der Waals surface area contributed by atoms with Crippen molar-refractivity contribution in [2.24, 2.45) is 0 Å². The Kier molecular flexibility index (Phi) is 3.96. The fraction of sp³-hybridized carbons (Fsp3) is 0.444. The average Bonchev–Trinajstić information content (AvgIpc) is 2.98. The van der Waals surface area contributed by atoms with Crippen molar-refractivity contribution in [3.8, 4) is 0 Å². The molecule has 2 aromatic rings. The standard InChI is InChI=1S/C18H20BrN3O2/c1-10-8-14-16(11(2)24-10)20-21-17(14)18(23)22-7-6-13-12(9-22)4-3-5-15(13)19/h3-5,10-11H,6-9H2,1-2H3,(H,20,21)/t10-,11+/m1/s1. The van der Waals surface area contributed by atoms with Crippen LogP contribution in [0.4, 0.5) is 0 Å². The first-order valence-corrected chi connectivity index (χ1v) is 9.12. The first kappa shape index (κ1) is 15.8. The summed E-state index contributed by atoms with van der Waals surface area (Å²) in [6.45, 7) is 5.39. The molecular formula is C18H20BrN3O2. The molecule has 0 unspecified atom stereocenters. The molecule has 2 aliphatic rings. The van der Waals surface area contributed by atoms with Crippen molar-refractivity contribution in [2.75, 3.05) is 6.54 Å². The van der Waals surface area contributed by atoms with E-state index in [1.54, 1.807) is 0 Å². The maximum Gasteiger partial charge on any atom is 0.274 e. The van der Waals surface area contributed by atoms with Crippen molar-refractivity contribution in [3.63, 3.8) is 0 Å². The molecule has 0 fully saturated rings. The van der Waals surface area contributed by atoms with Crippen LogP contribution >= 0.6 is 15.9 Å². The predicted molar refractivity (Wildman–Crippen MR) is 93.8 cm³/mol. The molecule has 5 nitrogen and oxygen atoms in total. The molecule has 0 radical (unpaired) electrons. The van der Waals surface area contributed by atoms with Gasteiger partial charge in [0.2, 0.25) is 0 Å². The lowest BCUT2D eigenvalue weighted by molar-refractivity contribution is -0.00702. The molecule has 6 heteroatoms. The van der Waals surface area contributed by atoms with Gasteiger partial charge >= 0.3 is 0 Å². The van der Waals surface area contributed by atoms with Crippen LogP contribution in [-0.4, -0.2) is 33.7 Å². The van der Waals surface area contributed by atoms with Gasteiger partial charge in [0.05, 0.1) is 17.9 Å². The Bertz CT molecular complexity index is 802. The van der Waals surface area contributed by atoms with E-state index in [-0.39, 0.29) is 18.1 Å². The van der Waals surface area contributed by atoms with Gasteiger partial charge in [-0.1, -0.05) is 28.1 Å². The van der Waals surface area contributed by atoms with E-state index in [1.807, 2.05) is 24.8 Å². The summed E-state index contributed by atoms with van der Waals surface area (Å²) in [5.74, 6) is 0.0134. The summed E-state index contributed by atoms with van der Waals surface area (Å²) < 4.78 is 6.94. The normalized spacial score (nSPS) is 22.9. The maximum absolute atomic E-state index is 13.0. The van der Waals surface area contributed by atoms with Gasteiger partial charge in [-0.25, -0.2) is 0 Å². The number of carbonyl (C=O) groups is 1. The molecule has 0 aliphatic carbocycles. The van der Waals surface area contributed by atoms with Crippen LogP contribution in [0, 0.1) is 0 Å². The highest BCUT2D eigenvalue weighted by atomic mass is 79.9. The number of nitrogens with zero attached hydrogens (tertiary/aromatic N) is 2. The molecule has 1 aromatic carbocycles. The van der Waals surface area contributed by atoms with Crippen LogP contribution in [-0.2, 0) is 24.1 Å². The van der Waals surface area contributed by atoms with Crippen molar-refractivity contribution in [3.05, 3.63) is 50.8 Å². The van der Waals surface area contributed by atoms with Gasteiger partial charge in [0.15, 0.2) is 5.69 Å². The molecule has 24 heavy (non-hydrogen) atoms. The minimum Gasteiger partial charge on any atom is -0.369 e. The Morgan fingerprint density at radius 1 is 1.38 bits per heavy atom. The largest absolute Gasteiger partial charge is 0.369 e. The topological polar surface area (TPSA) is 58.2 Å². The van der Waals surface area contributed by atoms with Crippen molar-refractivity contribution in [1.82, 2.24) is 15.1 Å². The van der Waals surface area contributed by atoms with Crippen LogP contribution in [0.25, 0.3) is 0 Å². The Balaban J connectivity index is 1.62. The lowest BCUT2D eigenvalue weighted by Crippen LogP contribution is -2.37. The maximum atomic E-state index is 13.0. The van der Waals surface area contributed by atoms with E-state index < -0.39 is 0 Å². The molecule has 0 spiro atoms. The summed E-state index contributed by atoms with van der Waals surface area (Å²) in [6.07, 6.45) is 1.66. The van der Waals surface area contributed by atoms with E-state index in [1.165, 1.54) is 11.1 Å². The van der Waals surface area contributed by atoms with E-state index in [2.05, 4.69) is 38.3 Å².